The topological polar surface area (TPSA) is 26.3 Å². The number of hydrogen-bond donors (Lipinski definition) is 0. The van der Waals surface area contributed by atoms with Crippen LogP contribution >= 0.6 is 0 Å². The fraction of sp³-hybridized carbons (Fsp3) is 0.727. The van der Waals surface area contributed by atoms with Gasteiger partial charge >= 0.3 is 0 Å². The second-order valence-electron chi connectivity index (χ2n) is 4.86. The monoisotopic (exact) mass is 198 g/mol. The number of quaternary nitrogens is 1. The van der Waals surface area contributed by atoms with Crippen LogP contribution in [0.25, 0.3) is 0 Å². The Morgan fingerprint density at radius 1 is 1.43 bits per heavy atom. The molecular weight excluding hydrogens is 178 g/mol. The largest absolute Gasteiger partial charge is 0.481 e. The predicted octanol–water partition coefficient (Wildman–Crippen LogP) is 1.34. The second kappa shape index (κ2) is 4.13. The molecule has 3 heteroatoms. The molecule has 3 nitrogen and oxygen atoms in total. The third kappa shape index (κ3) is 3.14. The summed E-state index contributed by atoms with van der Waals surface area (Å²) in [6, 6.07) is 0. The van der Waals surface area contributed by atoms with Gasteiger partial charge in [0.1, 0.15) is 6.54 Å². The van der Waals surface area contributed by atoms with Gasteiger partial charge in [-0.05, 0) is 6.42 Å². The number of likely N-dealkylation sites (N-methyl/N-ethyl adjacent to an activating group) is 1. The lowest BCUT2D eigenvalue weighted by Gasteiger charge is -2.24. The van der Waals surface area contributed by atoms with Crippen molar-refractivity contribution in [3.63, 3.8) is 0 Å². The highest BCUT2D eigenvalue weighted by Gasteiger charge is 2.28. The Hall–Kier alpha value is -0.830. The molecule has 1 unspecified atom stereocenters. The summed E-state index contributed by atoms with van der Waals surface area (Å²) in [7, 11) is 6.26. The van der Waals surface area contributed by atoms with Gasteiger partial charge in [-0.3, -0.25) is 4.79 Å². The van der Waals surface area contributed by atoms with Crippen LogP contribution in [0, 0.1) is 0 Å². The fourth-order valence-corrected chi connectivity index (χ4v) is 1.54. The van der Waals surface area contributed by atoms with Crippen molar-refractivity contribution in [1.82, 2.24) is 0 Å². The Labute approximate surface area is 85.9 Å². The minimum Gasteiger partial charge on any atom is -0.481 e. The van der Waals surface area contributed by atoms with E-state index in [2.05, 4.69) is 28.1 Å². The number of ketones is 1. The summed E-state index contributed by atoms with van der Waals surface area (Å²) in [4.78, 5) is 11.5. The van der Waals surface area contributed by atoms with Gasteiger partial charge in [-0.25, -0.2) is 0 Å². The van der Waals surface area contributed by atoms with Gasteiger partial charge in [0.25, 0.3) is 0 Å². The van der Waals surface area contributed by atoms with E-state index in [0.29, 0.717) is 0 Å². The maximum Gasteiger partial charge on any atom is 0.199 e. The predicted molar refractivity (Wildman–Crippen MR) is 55.8 cm³/mol. The summed E-state index contributed by atoms with van der Waals surface area (Å²) in [5, 5.41) is 0. The van der Waals surface area contributed by atoms with Crippen LogP contribution in [-0.4, -0.2) is 44.1 Å². The van der Waals surface area contributed by atoms with Crippen LogP contribution in [0.15, 0.2) is 11.8 Å². The molecule has 0 amide bonds. The molecule has 1 rings (SSSR count). The summed E-state index contributed by atoms with van der Waals surface area (Å²) in [5.74, 6) is 0.969. The number of carbonyl (C=O) groups excluding carboxylic acids is 1. The molecule has 0 aliphatic carbocycles. The minimum atomic E-state index is -0.207. The first-order valence-electron chi connectivity index (χ1n) is 5.14. The Bertz CT molecular complexity index is 251. The molecule has 0 aromatic carbocycles. The molecule has 80 valence electrons. The van der Waals surface area contributed by atoms with Crippen molar-refractivity contribution in [3.8, 4) is 0 Å². The molecule has 0 N–H and O–H groups in total. The smallest absolute Gasteiger partial charge is 0.199 e. The van der Waals surface area contributed by atoms with Crippen LogP contribution in [0.5, 0.6) is 0 Å². The fourth-order valence-electron chi connectivity index (χ4n) is 1.54. The van der Waals surface area contributed by atoms with E-state index >= 15 is 0 Å². The minimum absolute atomic E-state index is 0.135. The van der Waals surface area contributed by atoms with Crippen molar-refractivity contribution in [3.05, 3.63) is 11.8 Å². The summed E-state index contributed by atoms with van der Waals surface area (Å²) in [5.41, 5.74) is 0. The summed E-state index contributed by atoms with van der Waals surface area (Å²) < 4.78 is 6.38. The third-order valence-corrected chi connectivity index (χ3v) is 2.10. The van der Waals surface area contributed by atoms with Crippen LogP contribution in [-0.2, 0) is 9.53 Å². The van der Waals surface area contributed by atoms with Gasteiger partial charge in [-0.1, -0.05) is 13.3 Å². The third-order valence-electron chi connectivity index (χ3n) is 2.10. The highest BCUT2D eigenvalue weighted by molar-refractivity contribution is 5.95. The van der Waals surface area contributed by atoms with Crippen LogP contribution in [0.1, 0.15) is 19.8 Å². The molecule has 1 aliphatic rings. The zero-order valence-electron chi connectivity index (χ0n) is 9.54. The number of ether oxygens (including phenoxy) is 1. The SMILES string of the molecule is CCCC1OC(C[N+](C)(C)C)=CC1=O. The molecule has 0 fully saturated rings. The second-order valence-corrected chi connectivity index (χ2v) is 4.86. The van der Waals surface area contributed by atoms with E-state index in [4.69, 9.17) is 4.74 Å². The first-order valence-corrected chi connectivity index (χ1v) is 5.14. The maximum absolute atomic E-state index is 11.5. The van der Waals surface area contributed by atoms with Gasteiger partial charge in [-0.15, -0.1) is 0 Å². The standard InChI is InChI=1S/C11H20NO2/c1-5-6-11-10(13)7-9(14-11)8-12(2,3)4/h7,11H,5-6,8H2,1-4H3/q+1. The van der Waals surface area contributed by atoms with Gasteiger partial charge < -0.3 is 9.22 Å². The first kappa shape index (κ1) is 11.2. The van der Waals surface area contributed by atoms with E-state index in [1.165, 1.54) is 0 Å². The summed E-state index contributed by atoms with van der Waals surface area (Å²) in [6.07, 6.45) is 3.27. The zero-order valence-corrected chi connectivity index (χ0v) is 9.54. The first-order chi connectivity index (χ1) is 6.42. The van der Waals surface area contributed by atoms with Crippen molar-refractivity contribution in [1.29, 1.82) is 0 Å². The number of hydrogen-bond acceptors (Lipinski definition) is 2. The highest BCUT2D eigenvalue weighted by atomic mass is 16.5. The molecular formula is C11H20NO2+. The van der Waals surface area contributed by atoms with Gasteiger partial charge in [0.15, 0.2) is 17.6 Å². The lowest BCUT2D eigenvalue weighted by molar-refractivity contribution is -0.866. The average molecular weight is 198 g/mol. The molecule has 0 aromatic rings. The van der Waals surface area contributed by atoms with Crippen molar-refractivity contribution in [2.45, 2.75) is 25.9 Å². The van der Waals surface area contributed by atoms with Gasteiger partial charge in [0.2, 0.25) is 0 Å². The molecule has 1 atom stereocenters. The van der Waals surface area contributed by atoms with Gasteiger partial charge in [0, 0.05) is 6.08 Å². The van der Waals surface area contributed by atoms with Crippen LogP contribution in [0.3, 0.4) is 0 Å². The van der Waals surface area contributed by atoms with E-state index < -0.39 is 0 Å². The molecule has 14 heavy (non-hydrogen) atoms. The number of nitrogens with zero attached hydrogens (tertiary/aromatic N) is 1. The van der Waals surface area contributed by atoms with E-state index in [9.17, 15) is 4.79 Å². The van der Waals surface area contributed by atoms with Gasteiger partial charge in [-0.2, -0.15) is 0 Å². The van der Waals surface area contributed by atoms with Crippen molar-refractivity contribution < 1.29 is 14.0 Å². The molecule has 0 bridgehead atoms. The van der Waals surface area contributed by atoms with Crippen LogP contribution < -0.4 is 0 Å². The Kier molecular flexibility index (Phi) is 3.32. The lowest BCUT2D eigenvalue weighted by Crippen LogP contribution is -2.36. The van der Waals surface area contributed by atoms with Crippen molar-refractivity contribution >= 4 is 5.78 Å². The molecule has 0 radical (unpaired) electrons. The van der Waals surface area contributed by atoms with Gasteiger partial charge in [0.05, 0.1) is 21.1 Å². The quantitative estimate of drug-likeness (QED) is 0.637. The zero-order chi connectivity index (χ0) is 10.8. The van der Waals surface area contributed by atoms with E-state index in [0.717, 1.165) is 29.6 Å². The average Bonchev–Trinajstić information content (AvgIpc) is 2.28. The number of carbonyl (C=O) groups is 1. The molecule has 1 heterocycles. The summed E-state index contributed by atoms with van der Waals surface area (Å²) >= 11 is 0. The lowest BCUT2D eigenvalue weighted by atomic mass is 10.1. The number of rotatable bonds is 4. The highest BCUT2D eigenvalue weighted by Crippen LogP contribution is 2.19. The normalized spacial score (nSPS) is 22.1. The summed E-state index contributed by atoms with van der Waals surface area (Å²) in [6.45, 7) is 2.85. The Balaban J connectivity index is 2.52. The van der Waals surface area contributed by atoms with E-state index in [-0.39, 0.29) is 11.9 Å². The van der Waals surface area contributed by atoms with E-state index in [1.54, 1.807) is 6.08 Å². The van der Waals surface area contributed by atoms with Crippen molar-refractivity contribution in [2.75, 3.05) is 27.7 Å². The Morgan fingerprint density at radius 3 is 2.57 bits per heavy atom. The maximum atomic E-state index is 11.5. The molecule has 1 aliphatic heterocycles. The van der Waals surface area contributed by atoms with Crippen LogP contribution in [0.4, 0.5) is 0 Å². The molecule has 0 saturated heterocycles. The molecule has 0 saturated carbocycles. The molecule has 0 aromatic heterocycles. The van der Waals surface area contributed by atoms with Crippen molar-refractivity contribution in [2.24, 2.45) is 0 Å². The molecule has 0 spiro atoms. The van der Waals surface area contributed by atoms with Crippen LogP contribution in [0.2, 0.25) is 0 Å². The van der Waals surface area contributed by atoms with E-state index in [1.807, 2.05) is 0 Å². The Morgan fingerprint density at radius 2 is 2.07 bits per heavy atom.